The number of fused-ring (bicyclic) bond motifs is 1. The van der Waals surface area contributed by atoms with E-state index in [1.54, 1.807) is 18.3 Å². The molecule has 0 spiro atoms. The Morgan fingerprint density at radius 1 is 1.21 bits per heavy atom. The average molecular weight is 333 g/mol. The Morgan fingerprint density at radius 3 is 2.71 bits per heavy atom. The van der Waals surface area contributed by atoms with Crippen molar-refractivity contribution in [3.8, 4) is 6.07 Å². The number of aromatic amines is 1. The van der Waals surface area contributed by atoms with Crippen LogP contribution in [0.4, 0.5) is 30.6 Å². The van der Waals surface area contributed by atoms with E-state index in [1.807, 2.05) is 6.07 Å². The van der Waals surface area contributed by atoms with Gasteiger partial charge in [0.25, 0.3) is 0 Å². The molecule has 0 aliphatic heterocycles. The van der Waals surface area contributed by atoms with Crippen molar-refractivity contribution in [2.24, 2.45) is 0 Å². The summed E-state index contributed by atoms with van der Waals surface area (Å²) < 4.78 is 37.3. The lowest BCUT2D eigenvalue weighted by atomic mass is 10.3. The Morgan fingerprint density at radius 2 is 2.04 bits per heavy atom. The highest BCUT2D eigenvalue weighted by molar-refractivity contribution is 5.88. The van der Waals surface area contributed by atoms with E-state index in [1.165, 1.54) is 12.3 Å². The fourth-order valence-corrected chi connectivity index (χ4v) is 1.98. The first-order valence-electron chi connectivity index (χ1n) is 6.73. The summed E-state index contributed by atoms with van der Waals surface area (Å²) in [6, 6.07) is 6.56. The monoisotopic (exact) mass is 333 g/mol. The Labute approximate surface area is 133 Å². The SMILES string of the molecule is N#Cc1ccc(Nc2nc(NCC(F)(F)F)c3cc[nH]c3n2)cn1. The van der Waals surface area contributed by atoms with Crippen LogP contribution in [0, 0.1) is 11.3 Å². The summed E-state index contributed by atoms with van der Waals surface area (Å²) in [6.45, 7) is -1.21. The van der Waals surface area contributed by atoms with E-state index in [0.29, 0.717) is 16.7 Å². The van der Waals surface area contributed by atoms with Gasteiger partial charge in [0, 0.05) is 6.20 Å². The molecule has 3 heterocycles. The first-order chi connectivity index (χ1) is 11.4. The van der Waals surface area contributed by atoms with Gasteiger partial charge in [0.2, 0.25) is 5.95 Å². The topological polar surface area (TPSA) is 102 Å². The van der Waals surface area contributed by atoms with Gasteiger partial charge in [-0.3, -0.25) is 0 Å². The van der Waals surface area contributed by atoms with Gasteiger partial charge in [0.1, 0.15) is 29.8 Å². The van der Waals surface area contributed by atoms with E-state index in [4.69, 9.17) is 5.26 Å². The number of alkyl halides is 3. The Bertz CT molecular complexity index is 893. The van der Waals surface area contributed by atoms with Gasteiger partial charge in [0.05, 0.1) is 17.3 Å². The molecule has 0 radical (unpaired) electrons. The van der Waals surface area contributed by atoms with Gasteiger partial charge in [-0.05, 0) is 18.2 Å². The zero-order chi connectivity index (χ0) is 17.2. The number of H-pyrrole nitrogens is 1. The lowest BCUT2D eigenvalue weighted by Crippen LogP contribution is -2.22. The third-order valence-corrected chi connectivity index (χ3v) is 3.01. The second-order valence-electron chi connectivity index (χ2n) is 4.77. The van der Waals surface area contributed by atoms with Gasteiger partial charge < -0.3 is 15.6 Å². The summed E-state index contributed by atoms with van der Waals surface area (Å²) in [5.41, 5.74) is 1.13. The molecule has 0 saturated carbocycles. The molecular formula is C14H10F3N7. The number of nitrogens with one attached hydrogen (secondary N) is 3. The molecule has 0 aliphatic rings. The van der Waals surface area contributed by atoms with Crippen molar-refractivity contribution >= 4 is 28.5 Å². The minimum absolute atomic E-state index is 0.0580. The van der Waals surface area contributed by atoms with E-state index in [0.717, 1.165) is 0 Å². The number of hydrogen-bond acceptors (Lipinski definition) is 6. The molecule has 0 aliphatic carbocycles. The summed E-state index contributed by atoms with van der Waals surface area (Å²) in [5, 5.41) is 14.3. The molecule has 3 aromatic rings. The van der Waals surface area contributed by atoms with Gasteiger partial charge in [-0.2, -0.15) is 28.4 Å². The maximum atomic E-state index is 12.4. The van der Waals surface area contributed by atoms with Crippen molar-refractivity contribution in [1.29, 1.82) is 5.26 Å². The van der Waals surface area contributed by atoms with E-state index in [2.05, 4.69) is 30.6 Å². The second-order valence-corrected chi connectivity index (χ2v) is 4.77. The molecule has 3 N–H and O–H groups in total. The molecule has 0 aromatic carbocycles. The van der Waals surface area contributed by atoms with Crippen LogP contribution in [0.15, 0.2) is 30.6 Å². The lowest BCUT2D eigenvalue weighted by Gasteiger charge is -2.11. The fraction of sp³-hybridized carbons (Fsp3) is 0.143. The van der Waals surface area contributed by atoms with Gasteiger partial charge in [-0.1, -0.05) is 0 Å². The van der Waals surface area contributed by atoms with Crippen LogP contribution in [0.25, 0.3) is 11.0 Å². The molecule has 0 amide bonds. The largest absolute Gasteiger partial charge is 0.405 e. The third kappa shape index (κ3) is 3.52. The molecule has 0 bridgehead atoms. The van der Waals surface area contributed by atoms with Crippen LogP contribution in [0.2, 0.25) is 0 Å². The summed E-state index contributed by atoms with van der Waals surface area (Å²) in [4.78, 5) is 15.0. The summed E-state index contributed by atoms with van der Waals surface area (Å²) in [7, 11) is 0. The Hall–Kier alpha value is -3.35. The average Bonchev–Trinajstić information content (AvgIpc) is 3.01. The van der Waals surface area contributed by atoms with E-state index < -0.39 is 12.7 Å². The fourth-order valence-electron chi connectivity index (χ4n) is 1.98. The summed E-state index contributed by atoms with van der Waals surface area (Å²) in [5.74, 6) is 0.156. The van der Waals surface area contributed by atoms with Gasteiger partial charge in [-0.25, -0.2) is 4.98 Å². The molecule has 0 fully saturated rings. The van der Waals surface area contributed by atoms with Crippen molar-refractivity contribution < 1.29 is 13.2 Å². The molecule has 24 heavy (non-hydrogen) atoms. The molecule has 0 saturated heterocycles. The molecule has 3 rings (SSSR count). The molecule has 0 unspecified atom stereocenters. The third-order valence-electron chi connectivity index (χ3n) is 3.01. The Balaban J connectivity index is 1.89. The number of hydrogen-bond donors (Lipinski definition) is 3. The number of rotatable bonds is 4. The van der Waals surface area contributed by atoms with Gasteiger partial charge >= 0.3 is 6.18 Å². The number of anilines is 3. The maximum absolute atomic E-state index is 12.4. The van der Waals surface area contributed by atoms with Crippen LogP contribution < -0.4 is 10.6 Å². The number of nitrogens with zero attached hydrogens (tertiary/aromatic N) is 4. The van der Waals surface area contributed by atoms with Crippen molar-refractivity contribution in [1.82, 2.24) is 19.9 Å². The number of nitriles is 1. The van der Waals surface area contributed by atoms with Crippen molar-refractivity contribution in [3.63, 3.8) is 0 Å². The number of halogens is 3. The zero-order valence-electron chi connectivity index (χ0n) is 12.0. The lowest BCUT2D eigenvalue weighted by molar-refractivity contribution is -0.115. The summed E-state index contributed by atoms with van der Waals surface area (Å²) in [6.07, 6.45) is -1.40. The molecular weight excluding hydrogens is 323 g/mol. The van der Waals surface area contributed by atoms with E-state index in [9.17, 15) is 13.2 Å². The molecule has 10 heteroatoms. The van der Waals surface area contributed by atoms with Crippen LogP contribution in [0.5, 0.6) is 0 Å². The standard InChI is InChI=1S/C14H10F3N7/c15-14(16,17)7-21-12-10-3-4-19-11(10)23-13(24-12)22-9-2-1-8(5-18)20-6-9/h1-4,6H,7H2,(H3,19,21,22,23,24). The Kier molecular flexibility index (Phi) is 3.91. The highest BCUT2D eigenvalue weighted by Gasteiger charge is 2.27. The molecule has 7 nitrogen and oxygen atoms in total. The second kappa shape index (κ2) is 6.04. The van der Waals surface area contributed by atoms with Crippen LogP contribution >= 0.6 is 0 Å². The maximum Gasteiger partial charge on any atom is 0.405 e. The van der Waals surface area contributed by atoms with Gasteiger partial charge in [0.15, 0.2) is 0 Å². The van der Waals surface area contributed by atoms with Crippen molar-refractivity contribution in [2.75, 3.05) is 17.2 Å². The predicted octanol–water partition coefficient (Wildman–Crippen LogP) is 2.94. The van der Waals surface area contributed by atoms with Crippen molar-refractivity contribution in [2.45, 2.75) is 6.18 Å². The minimum atomic E-state index is -4.36. The van der Waals surface area contributed by atoms with E-state index >= 15 is 0 Å². The highest BCUT2D eigenvalue weighted by atomic mass is 19.4. The normalized spacial score (nSPS) is 11.2. The van der Waals surface area contributed by atoms with Crippen molar-refractivity contribution in [3.05, 3.63) is 36.3 Å². The minimum Gasteiger partial charge on any atom is -0.360 e. The smallest absolute Gasteiger partial charge is 0.360 e. The van der Waals surface area contributed by atoms with Crippen LogP contribution in [-0.4, -0.2) is 32.7 Å². The first-order valence-corrected chi connectivity index (χ1v) is 6.73. The highest BCUT2D eigenvalue weighted by Crippen LogP contribution is 2.24. The van der Waals surface area contributed by atoms with Crippen LogP contribution in [-0.2, 0) is 0 Å². The van der Waals surface area contributed by atoms with Crippen LogP contribution in [0.1, 0.15) is 5.69 Å². The quantitative estimate of drug-likeness (QED) is 0.678. The first kappa shape index (κ1) is 15.5. The molecule has 0 atom stereocenters. The zero-order valence-corrected chi connectivity index (χ0v) is 12.0. The van der Waals surface area contributed by atoms with Crippen LogP contribution in [0.3, 0.4) is 0 Å². The van der Waals surface area contributed by atoms with E-state index in [-0.39, 0.29) is 17.5 Å². The number of aromatic nitrogens is 4. The summed E-state index contributed by atoms with van der Waals surface area (Å²) >= 11 is 0. The number of pyridine rings is 1. The predicted molar refractivity (Wildman–Crippen MR) is 80.7 cm³/mol. The van der Waals surface area contributed by atoms with Gasteiger partial charge in [-0.15, -0.1) is 0 Å². The molecule has 3 aromatic heterocycles. The molecule has 122 valence electrons.